The third-order valence-corrected chi connectivity index (χ3v) is 7.12. The number of rotatable bonds is 7. The van der Waals surface area contributed by atoms with Crippen LogP contribution in [0, 0.1) is 11.3 Å². The van der Waals surface area contributed by atoms with E-state index in [2.05, 4.69) is 21.6 Å². The molecule has 2 saturated carbocycles. The highest BCUT2D eigenvalue weighted by Crippen LogP contribution is 2.37. The lowest BCUT2D eigenvalue weighted by Gasteiger charge is -2.32. The number of anilines is 1. The maximum Gasteiger partial charge on any atom is 0.234 e. The molecular formula is C18H25N5O2S2. The first-order valence-electron chi connectivity index (χ1n) is 9.53. The molecule has 0 saturated heterocycles. The van der Waals surface area contributed by atoms with Crippen LogP contribution in [-0.2, 0) is 9.59 Å². The van der Waals surface area contributed by atoms with Crippen molar-refractivity contribution in [2.75, 3.05) is 4.90 Å². The standard InChI is InChI=1S/C18H25N5O2S2/c1-3-14(24)23(13-7-8-13)16-21-22-17(27-16)26-12(2)15(25)20-18(11-19)9-5-4-6-10-18/h12-13H,3-10H2,1-2H3,(H,20,25)/t12-/m0/s1. The molecule has 1 heterocycles. The molecule has 1 N–H and O–H groups in total. The number of hydrogen-bond donors (Lipinski definition) is 1. The molecule has 0 aliphatic heterocycles. The van der Waals surface area contributed by atoms with Crippen molar-refractivity contribution in [1.82, 2.24) is 15.5 Å². The highest BCUT2D eigenvalue weighted by Gasteiger charge is 2.36. The Bertz CT molecular complexity index is 734. The van der Waals surface area contributed by atoms with E-state index in [1.54, 1.807) is 4.90 Å². The molecule has 9 heteroatoms. The normalized spacial score (nSPS) is 19.7. The first kappa shape index (κ1) is 20.1. The summed E-state index contributed by atoms with van der Waals surface area (Å²) in [7, 11) is 0. The van der Waals surface area contributed by atoms with Crippen molar-refractivity contribution >= 4 is 40.0 Å². The molecule has 2 fully saturated rings. The van der Waals surface area contributed by atoms with Crippen LogP contribution in [0.15, 0.2) is 4.34 Å². The van der Waals surface area contributed by atoms with E-state index in [4.69, 9.17) is 0 Å². The van der Waals surface area contributed by atoms with Crippen LogP contribution in [-0.4, -0.2) is 38.8 Å². The fourth-order valence-electron chi connectivity index (χ4n) is 3.28. The van der Waals surface area contributed by atoms with Gasteiger partial charge >= 0.3 is 0 Å². The Kier molecular flexibility index (Phi) is 6.37. The smallest absolute Gasteiger partial charge is 0.234 e. The highest BCUT2D eigenvalue weighted by molar-refractivity contribution is 8.02. The van der Waals surface area contributed by atoms with Gasteiger partial charge < -0.3 is 5.32 Å². The summed E-state index contributed by atoms with van der Waals surface area (Å²) in [5.41, 5.74) is -0.729. The molecule has 1 aromatic heterocycles. The Morgan fingerprint density at radius 1 is 1.37 bits per heavy atom. The number of amides is 2. The van der Waals surface area contributed by atoms with Gasteiger partial charge in [-0.1, -0.05) is 49.3 Å². The molecule has 1 atom stereocenters. The van der Waals surface area contributed by atoms with Gasteiger partial charge in [0.05, 0.1) is 11.3 Å². The minimum absolute atomic E-state index is 0.0595. The molecule has 146 valence electrons. The number of nitrogens with zero attached hydrogens (tertiary/aromatic N) is 4. The summed E-state index contributed by atoms with van der Waals surface area (Å²) in [6, 6.07) is 2.56. The summed E-state index contributed by atoms with van der Waals surface area (Å²) in [4.78, 5) is 26.5. The maximum absolute atomic E-state index is 12.6. The molecule has 0 radical (unpaired) electrons. The van der Waals surface area contributed by atoms with Crippen LogP contribution in [0.5, 0.6) is 0 Å². The maximum atomic E-state index is 12.6. The number of nitrogens with one attached hydrogen (secondary N) is 1. The Balaban J connectivity index is 1.61. The van der Waals surface area contributed by atoms with Gasteiger partial charge in [-0.25, -0.2) is 0 Å². The van der Waals surface area contributed by atoms with Gasteiger partial charge in [0.1, 0.15) is 5.54 Å². The van der Waals surface area contributed by atoms with Crippen LogP contribution in [0.3, 0.4) is 0 Å². The average Bonchev–Trinajstić information content (AvgIpc) is 3.41. The summed E-state index contributed by atoms with van der Waals surface area (Å²) in [5, 5.41) is 21.1. The van der Waals surface area contributed by atoms with Gasteiger partial charge in [0.15, 0.2) is 4.34 Å². The number of nitriles is 1. The quantitative estimate of drug-likeness (QED) is 0.550. The Labute approximate surface area is 167 Å². The van der Waals surface area contributed by atoms with E-state index in [-0.39, 0.29) is 23.1 Å². The molecule has 2 aliphatic rings. The van der Waals surface area contributed by atoms with Gasteiger partial charge in [0, 0.05) is 12.5 Å². The fraction of sp³-hybridized carbons (Fsp3) is 0.722. The third-order valence-electron chi connectivity index (χ3n) is 5.02. The molecule has 0 unspecified atom stereocenters. The summed E-state index contributed by atoms with van der Waals surface area (Å²) >= 11 is 2.68. The van der Waals surface area contributed by atoms with Gasteiger partial charge in [-0.3, -0.25) is 14.5 Å². The largest absolute Gasteiger partial charge is 0.337 e. The topological polar surface area (TPSA) is 99.0 Å². The Morgan fingerprint density at radius 3 is 2.67 bits per heavy atom. The van der Waals surface area contributed by atoms with Crippen molar-refractivity contribution in [3.8, 4) is 6.07 Å². The minimum Gasteiger partial charge on any atom is -0.337 e. The second-order valence-electron chi connectivity index (χ2n) is 7.20. The number of hydrogen-bond acceptors (Lipinski definition) is 7. The first-order chi connectivity index (χ1) is 13.0. The van der Waals surface area contributed by atoms with Gasteiger partial charge in [-0.15, -0.1) is 10.2 Å². The van der Waals surface area contributed by atoms with Gasteiger partial charge in [-0.2, -0.15) is 5.26 Å². The van der Waals surface area contributed by atoms with Crippen molar-refractivity contribution in [1.29, 1.82) is 5.26 Å². The summed E-state index contributed by atoms with van der Waals surface area (Å²) in [5.74, 6) is -0.0897. The molecule has 3 rings (SSSR count). The fourth-order valence-corrected chi connectivity index (χ4v) is 5.35. The predicted molar refractivity (Wildman–Crippen MR) is 106 cm³/mol. The zero-order chi connectivity index (χ0) is 19.4. The van der Waals surface area contributed by atoms with Crippen LogP contribution in [0.25, 0.3) is 0 Å². The van der Waals surface area contributed by atoms with Crippen LogP contribution in [0.1, 0.15) is 65.2 Å². The van der Waals surface area contributed by atoms with Crippen LogP contribution < -0.4 is 10.2 Å². The van der Waals surface area contributed by atoms with Crippen LogP contribution in [0.4, 0.5) is 5.13 Å². The molecule has 0 spiro atoms. The van der Waals surface area contributed by atoms with Crippen LogP contribution >= 0.6 is 23.1 Å². The Morgan fingerprint density at radius 2 is 2.07 bits per heavy atom. The van der Waals surface area contributed by atoms with Gasteiger partial charge in [0.25, 0.3) is 0 Å². The molecule has 0 aromatic carbocycles. The monoisotopic (exact) mass is 407 g/mol. The predicted octanol–water partition coefficient (Wildman–Crippen LogP) is 3.27. The molecule has 2 aliphatic carbocycles. The van der Waals surface area contributed by atoms with E-state index in [9.17, 15) is 14.9 Å². The average molecular weight is 408 g/mol. The van der Waals surface area contributed by atoms with E-state index in [0.29, 0.717) is 28.7 Å². The highest BCUT2D eigenvalue weighted by atomic mass is 32.2. The number of carbonyl (C=O) groups excluding carboxylic acids is 2. The van der Waals surface area contributed by atoms with Crippen LogP contribution in [0.2, 0.25) is 0 Å². The van der Waals surface area contributed by atoms with Gasteiger partial charge in [-0.05, 0) is 32.6 Å². The summed E-state index contributed by atoms with van der Waals surface area (Å²) < 4.78 is 0.664. The number of thioether (sulfide) groups is 1. The molecule has 7 nitrogen and oxygen atoms in total. The lowest BCUT2D eigenvalue weighted by Crippen LogP contribution is -2.50. The van der Waals surface area contributed by atoms with E-state index in [1.165, 1.54) is 23.1 Å². The zero-order valence-corrected chi connectivity index (χ0v) is 17.4. The lowest BCUT2D eigenvalue weighted by atomic mass is 9.83. The van der Waals surface area contributed by atoms with E-state index in [0.717, 1.165) is 32.1 Å². The number of aromatic nitrogens is 2. The molecule has 27 heavy (non-hydrogen) atoms. The third kappa shape index (κ3) is 4.79. The van der Waals surface area contributed by atoms with Crippen molar-refractivity contribution in [2.24, 2.45) is 0 Å². The van der Waals surface area contributed by atoms with Crippen molar-refractivity contribution in [2.45, 2.75) is 86.4 Å². The van der Waals surface area contributed by atoms with E-state index < -0.39 is 5.54 Å². The molecule has 0 bridgehead atoms. The Hall–Kier alpha value is -1.66. The summed E-state index contributed by atoms with van der Waals surface area (Å²) in [6.45, 7) is 3.65. The van der Waals surface area contributed by atoms with Gasteiger partial charge in [0.2, 0.25) is 16.9 Å². The van der Waals surface area contributed by atoms with E-state index >= 15 is 0 Å². The minimum atomic E-state index is -0.729. The molecule has 2 amide bonds. The van der Waals surface area contributed by atoms with E-state index in [1.807, 2.05) is 13.8 Å². The lowest BCUT2D eigenvalue weighted by molar-refractivity contribution is -0.122. The molecular weight excluding hydrogens is 382 g/mol. The van der Waals surface area contributed by atoms with Crippen molar-refractivity contribution in [3.63, 3.8) is 0 Å². The SMILES string of the molecule is CCC(=O)N(c1nnc(S[C@@H](C)C(=O)NC2(C#N)CCCCC2)s1)C1CC1. The zero-order valence-electron chi connectivity index (χ0n) is 15.7. The van der Waals surface area contributed by atoms with Crippen molar-refractivity contribution in [3.05, 3.63) is 0 Å². The first-order valence-corrected chi connectivity index (χ1v) is 11.2. The second kappa shape index (κ2) is 8.57. The second-order valence-corrected chi connectivity index (χ2v) is 9.75. The molecule has 1 aromatic rings. The summed E-state index contributed by atoms with van der Waals surface area (Å²) in [6.07, 6.45) is 6.93. The number of carbonyl (C=O) groups is 2. The van der Waals surface area contributed by atoms with Crippen molar-refractivity contribution < 1.29 is 9.59 Å².